The SMILES string of the molecule is CO/N=C(\C(=O)NC1C(=O)N2C(C(=O)O)=C(CC3(C)CCCC3)CSC12)c1csc(N)n1. The molecule has 4 rings (SSSR count). The van der Waals surface area contributed by atoms with Crippen molar-refractivity contribution in [3.63, 3.8) is 0 Å². The molecule has 2 unspecified atom stereocenters. The summed E-state index contributed by atoms with van der Waals surface area (Å²) in [6.45, 7) is 2.19. The van der Waals surface area contributed by atoms with Crippen LogP contribution in [0.2, 0.25) is 0 Å². The molecule has 2 aliphatic heterocycles. The molecule has 0 spiro atoms. The van der Waals surface area contributed by atoms with Gasteiger partial charge in [-0.05, 0) is 30.3 Å². The number of thiazole rings is 1. The van der Waals surface area contributed by atoms with E-state index in [2.05, 4.69) is 22.4 Å². The van der Waals surface area contributed by atoms with Gasteiger partial charge in [0.05, 0.1) is 0 Å². The molecule has 1 saturated carbocycles. The maximum absolute atomic E-state index is 12.9. The van der Waals surface area contributed by atoms with Crippen LogP contribution in [0.5, 0.6) is 0 Å². The number of carbonyl (C=O) groups is 3. The Balaban J connectivity index is 1.52. The molecule has 0 bridgehead atoms. The first-order valence-corrected chi connectivity index (χ1v) is 12.2. The molecule has 2 fully saturated rings. The van der Waals surface area contributed by atoms with Crippen molar-refractivity contribution in [2.24, 2.45) is 10.6 Å². The highest BCUT2D eigenvalue weighted by molar-refractivity contribution is 8.00. The molecule has 0 aromatic carbocycles. The van der Waals surface area contributed by atoms with Crippen LogP contribution in [0.15, 0.2) is 21.8 Å². The Kier molecular flexibility index (Phi) is 6.17. The van der Waals surface area contributed by atoms with Gasteiger partial charge in [0.15, 0.2) is 10.8 Å². The van der Waals surface area contributed by atoms with E-state index in [0.717, 1.165) is 42.6 Å². The van der Waals surface area contributed by atoms with Crippen LogP contribution in [0.3, 0.4) is 0 Å². The molecule has 1 saturated heterocycles. The summed E-state index contributed by atoms with van der Waals surface area (Å²) in [6.07, 6.45) is 5.09. The lowest BCUT2D eigenvalue weighted by Gasteiger charge is -2.50. The number of nitrogen functional groups attached to an aromatic ring is 1. The van der Waals surface area contributed by atoms with Crippen molar-refractivity contribution in [2.45, 2.75) is 50.4 Å². The highest BCUT2D eigenvalue weighted by atomic mass is 32.2. The molecule has 3 heterocycles. The Bertz CT molecular complexity index is 1010. The number of aromatic nitrogens is 1. The van der Waals surface area contributed by atoms with Gasteiger partial charge in [-0.2, -0.15) is 0 Å². The van der Waals surface area contributed by atoms with Gasteiger partial charge in [-0.15, -0.1) is 23.1 Å². The van der Waals surface area contributed by atoms with Crippen molar-refractivity contribution < 1.29 is 24.3 Å². The number of hydrogen-bond acceptors (Lipinski definition) is 9. The minimum absolute atomic E-state index is 0.0652. The summed E-state index contributed by atoms with van der Waals surface area (Å²) < 4.78 is 0. The summed E-state index contributed by atoms with van der Waals surface area (Å²) >= 11 is 2.62. The number of nitrogens with one attached hydrogen (secondary N) is 1. The normalized spacial score (nSPS) is 24.8. The first-order valence-electron chi connectivity index (χ1n) is 10.3. The molecule has 2 amide bonds. The zero-order chi connectivity index (χ0) is 23.0. The minimum Gasteiger partial charge on any atom is -0.477 e. The smallest absolute Gasteiger partial charge is 0.352 e. The summed E-state index contributed by atoms with van der Waals surface area (Å²) in [7, 11) is 1.30. The Morgan fingerprint density at radius 1 is 1.44 bits per heavy atom. The Morgan fingerprint density at radius 3 is 2.75 bits per heavy atom. The first-order chi connectivity index (χ1) is 15.2. The number of rotatable bonds is 7. The van der Waals surface area contributed by atoms with Gasteiger partial charge in [0, 0.05) is 11.1 Å². The van der Waals surface area contributed by atoms with E-state index in [0.29, 0.717) is 12.2 Å². The lowest BCUT2D eigenvalue weighted by molar-refractivity contribution is -0.150. The number of fused-ring (bicyclic) bond motifs is 1. The molecule has 3 aliphatic rings. The molecule has 32 heavy (non-hydrogen) atoms. The molecular formula is C20H25N5O5S2. The standard InChI is InChI=1S/C20H25N5O5S2/c1-20(5-3-4-6-20)7-10-8-31-17-13(16(27)25(17)14(10)18(28)29)23-15(26)12(24-30-2)11-9-32-19(21)22-11/h9,13,17H,3-8H2,1-2H3,(H2,21,22)(H,23,26)(H,28,29)/b24-12-. The molecule has 0 radical (unpaired) electrons. The summed E-state index contributed by atoms with van der Waals surface area (Å²) in [5.41, 5.74) is 6.71. The second kappa shape index (κ2) is 8.74. The number of hydrogen-bond donors (Lipinski definition) is 3. The average Bonchev–Trinajstić information content (AvgIpc) is 3.37. The second-order valence-corrected chi connectivity index (χ2v) is 10.5. The highest BCUT2D eigenvalue weighted by Crippen LogP contribution is 2.47. The minimum atomic E-state index is -1.11. The first kappa shape index (κ1) is 22.6. The van der Waals surface area contributed by atoms with Crippen LogP contribution in [0.1, 0.15) is 44.7 Å². The number of carbonyl (C=O) groups excluding carboxylic acids is 2. The van der Waals surface area contributed by atoms with Crippen molar-refractivity contribution in [2.75, 3.05) is 18.6 Å². The largest absolute Gasteiger partial charge is 0.477 e. The van der Waals surface area contributed by atoms with Gasteiger partial charge in [0.25, 0.3) is 11.8 Å². The summed E-state index contributed by atoms with van der Waals surface area (Å²) in [5.74, 6) is -1.68. The Labute approximate surface area is 193 Å². The van der Waals surface area contributed by atoms with E-state index in [1.807, 2.05) is 0 Å². The van der Waals surface area contributed by atoms with Crippen LogP contribution in [-0.4, -0.2) is 62.8 Å². The van der Waals surface area contributed by atoms with E-state index in [-0.39, 0.29) is 27.6 Å². The molecule has 4 N–H and O–H groups in total. The van der Waals surface area contributed by atoms with E-state index >= 15 is 0 Å². The van der Waals surface area contributed by atoms with Crippen molar-refractivity contribution in [3.05, 3.63) is 22.3 Å². The highest BCUT2D eigenvalue weighted by Gasteiger charge is 2.54. The number of β-lactam (4-membered cyclic amide) rings is 1. The Hall–Kier alpha value is -2.60. The molecular weight excluding hydrogens is 454 g/mol. The third-order valence-corrected chi connectivity index (χ3v) is 8.16. The summed E-state index contributed by atoms with van der Waals surface area (Å²) in [5, 5.41) is 17.6. The second-order valence-electron chi connectivity index (χ2n) is 8.51. The number of nitrogens with two attached hydrogens (primary N) is 1. The van der Waals surface area contributed by atoms with Crippen LogP contribution in [0, 0.1) is 5.41 Å². The number of aliphatic carboxylic acids is 1. The fraction of sp³-hybridized carbons (Fsp3) is 0.550. The predicted molar refractivity (Wildman–Crippen MR) is 121 cm³/mol. The van der Waals surface area contributed by atoms with Gasteiger partial charge in [-0.3, -0.25) is 14.5 Å². The van der Waals surface area contributed by atoms with Crippen molar-refractivity contribution in [3.8, 4) is 0 Å². The fourth-order valence-corrected chi connectivity index (χ4v) is 6.54. The zero-order valence-corrected chi connectivity index (χ0v) is 19.4. The lowest BCUT2D eigenvalue weighted by Crippen LogP contribution is -2.71. The lowest BCUT2D eigenvalue weighted by atomic mass is 9.81. The third-order valence-electron chi connectivity index (χ3n) is 6.15. The van der Waals surface area contributed by atoms with Crippen molar-refractivity contribution >= 4 is 51.7 Å². The average molecular weight is 480 g/mol. The summed E-state index contributed by atoms with van der Waals surface area (Å²) in [4.78, 5) is 47.9. The number of anilines is 1. The van der Waals surface area contributed by atoms with Crippen LogP contribution in [0.4, 0.5) is 5.13 Å². The number of thioether (sulfide) groups is 1. The van der Waals surface area contributed by atoms with Crippen molar-refractivity contribution in [1.29, 1.82) is 0 Å². The zero-order valence-electron chi connectivity index (χ0n) is 17.8. The molecule has 1 aromatic rings. The molecule has 12 heteroatoms. The molecule has 1 aliphatic carbocycles. The van der Waals surface area contributed by atoms with Crippen LogP contribution >= 0.6 is 23.1 Å². The van der Waals surface area contributed by atoms with E-state index in [4.69, 9.17) is 10.6 Å². The number of amides is 2. The van der Waals surface area contributed by atoms with Crippen LogP contribution in [0.25, 0.3) is 0 Å². The summed E-state index contributed by atoms with van der Waals surface area (Å²) in [6, 6.07) is -0.858. The number of carboxylic acid groups (broad SMARTS) is 1. The molecule has 10 nitrogen and oxygen atoms in total. The predicted octanol–water partition coefficient (Wildman–Crippen LogP) is 1.78. The van der Waals surface area contributed by atoms with Gasteiger partial charge in [0.2, 0.25) is 0 Å². The monoisotopic (exact) mass is 479 g/mol. The van der Waals surface area contributed by atoms with E-state index < -0.39 is 29.2 Å². The van der Waals surface area contributed by atoms with E-state index in [1.54, 1.807) is 5.38 Å². The topological polar surface area (TPSA) is 147 Å². The Morgan fingerprint density at radius 2 is 2.16 bits per heavy atom. The number of nitrogens with zero attached hydrogens (tertiary/aromatic N) is 3. The fourth-order valence-electron chi connectivity index (χ4n) is 4.64. The van der Waals surface area contributed by atoms with Crippen LogP contribution in [-0.2, 0) is 19.2 Å². The van der Waals surface area contributed by atoms with Crippen LogP contribution < -0.4 is 11.1 Å². The third kappa shape index (κ3) is 4.08. The molecule has 2 atom stereocenters. The quantitative estimate of drug-likeness (QED) is 0.305. The number of carboxylic acids is 1. The van der Waals surface area contributed by atoms with Gasteiger partial charge in [-0.25, -0.2) is 9.78 Å². The van der Waals surface area contributed by atoms with Gasteiger partial charge in [-0.1, -0.05) is 24.9 Å². The molecule has 1 aromatic heterocycles. The van der Waals surface area contributed by atoms with E-state index in [9.17, 15) is 19.5 Å². The maximum Gasteiger partial charge on any atom is 0.352 e. The van der Waals surface area contributed by atoms with Gasteiger partial charge < -0.3 is 21.0 Å². The molecule has 172 valence electrons. The van der Waals surface area contributed by atoms with Gasteiger partial charge >= 0.3 is 5.97 Å². The van der Waals surface area contributed by atoms with Gasteiger partial charge in [0.1, 0.15) is 29.9 Å². The van der Waals surface area contributed by atoms with E-state index in [1.165, 1.54) is 23.8 Å². The maximum atomic E-state index is 12.9. The van der Waals surface area contributed by atoms with Crippen molar-refractivity contribution in [1.82, 2.24) is 15.2 Å². The number of oxime groups is 1.